The standard InChI is InChI=1S/C27H24INO4S/c1-32-24-16-21(11-14-23(24)33-18-20-9-12-22(28)13-10-20)17-25-26(30)29(27(31)34-25)15-5-8-19-6-3-2-4-7-19/h2-4,6-7,9-14,16-17H,5,8,15,18H2,1H3/b25-17+. The van der Waals surface area contributed by atoms with Gasteiger partial charge in [0, 0.05) is 10.1 Å². The summed E-state index contributed by atoms with van der Waals surface area (Å²) in [6, 6.07) is 23.7. The average Bonchev–Trinajstić information content (AvgIpc) is 3.12. The topological polar surface area (TPSA) is 55.8 Å². The lowest BCUT2D eigenvalue weighted by atomic mass is 10.1. The van der Waals surface area contributed by atoms with Crippen LogP contribution in [0.2, 0.25) is 0 Å². The van der Waals surface area contributed by atoms with E-state index in [0.717, 1.165) is 35.7 Å². The zero-order chi connectivity index (χ0) is 23.9. The van der Waals surface area contributed by atoms with Crippen LogP contribution in [0.25, 0.3) is 6.08 Å². The number of carbonyl (C=O) groups is 2. The second-order valence-electron chi connectivity index (χ2n) is 7.75. The average molecular weight is 585 g/mol. The molecule has 1 saturated heterocycles. The Morgan fingerprint density at radius 1 is 0.941 bits per heavy atom. The Balaban J connectivity index is 1.39. The maximum atomic E-state index is 12.8. The molecule has 0 saturated carbocycles. The van der Waals surface area contributed by atoms with E-state index in [1.54, 1.807) is 13.2 Å². The van der Waals surface area contributed by atoms with Gasteiger partial charge in [0.15, 0.2) is 11.5 Å². The van der Waals surface area contributed by atoms with Crippen molar-refractivity contribution in [2.45, 2.75) is 19.4 Å². The van der Waals surface area contributed by atoms with Gasteiger partial charge in [0.1, 0.15) is 6.61 Å². The number of aryl methyl sites for hydroxylation is 1. The van der Waals surface area contributed by atoms with Gasteiger partial charge in [-0.2, -0.15) is 0 Å². The highest BCUT2D eigenvalue weighted by Crippen LogP contribution is 2.35. The summed E-state index contributed by atoms with van der Waals surface area (Å²) in [5.41, 5.74) is 3.03. The SMILES string of the molecule is COc1cc(/C=C2/SC(=O)N(CCCc3ccccc3)C2=O)ccc1OCc1ccc(I)cc1. The molecule has 5 nitrogen and oxygen atoms in total. The van der Waals surface area contributed by atoms with E-state index in [4.69, 9.17) is 9.47 Å². The monoisotopic (exact) mass is 585 g/mol. The fourth-order valence-corrected chi connectivity index (χ4v) is 4.79. The predicted molar refractivity (Wildman–Crippen MR) is 144 cm³/mol. The maximum Gasteiger partial charge on any atom is 0.293 e. The maximum absolute atomic E-state index is 12.8. The molecule has 174 valence electrons. The van der Waals surface area contributed by atoms with Crippen LogP contribution in [0.3, 0.4) is 0 Å². The van der Waals surface area contributed by atoms with Crippen molar-refractivity contribution in [2.75, 3.05) is 13.7 Å². The Morgan fingerprint density at radius 2 is 1.71 bits per heavy atom. The van der Waals surface area contributed by atoms with E-state index in [1.807, 2.05) is 60.7 Å². The first-order valence-electron chi connectivity index (χ1n) is 10.9. The molecule has 4 rings (SSSR count). The molecule has 0 aliphatic carbocycles. The van der Waals surface area contributed by atoms with Crippen LogP contribution in [0, 0.1) is 3.57 Å². The number of halogens is 1. The minimum Gasteiger partial charge on any atom is -0.493 e. The van der Waals surface area contributed by atoms with Gasteiger partial charge in [-0.1, -0.05) is 48.5 Å². The molecule has 3 aromatic rings. The summed E-state index contributed by atoms with van der Waals surface area (Å²) in [7, 11) is 1.58. The van der Waals surface area contributed by atoms with E-state index in [2.05, 4.69) is 34.7 Å². The molecule has 2 amide bonds. The predicted octanol–water partition coefficient (Wildman–Crippen LogP) is 6.55. The van der Waals surface area contributed by atoms with E-state index in [0.29, 0.717) is 29.6 Å². The second kappa shape index (κ2) is 11.6. The number of methoxy groups -OCH3 is 1. The number of imide groups is 1. The summed E-state index contributed by atoms with van der Waals surface area (Å²) in [5.74, 6) is 0.939. The summed E-state index contributed by atoms with van der Waals surface area (Å²) < 4.78 is 12.6. The molecule has 7 heteroatoms. The number of hydrogen-bond donors (Lipinski definition) is 0. The van der Waals surface area contributed by atoms with Crippen LogP contribution >= 0.6 is 34.4 Å². The van der Waals surface area contributed by atoms with Gasteiger partial charge < -0.3 is 9.47 Å². The number of nitrogens with zero attached hydrogens (tertiary/aromatic N) is 1. The van der Waals surface area contributed by atoms with Gasteiger partial charge in [-0.3, -0.25) is 14.5 Å². The van der Waals surface area contributed by atoms with Crippen LogP contribution in [0.15, 0.2) is 77.7 Å². The van der Waals surface area contributed by atoms with Crippen LogP contribution in [-0.4, -0.2) is 29.7 Å². The fraction of sp³-hybridized carbons (Fsp3) is 0.185. The van der Waals surface area contributed by atoms with Gasteiger partial charge >= 0.3 is 0 Å². The van der Waals surface area contributed by atoms with Crippen molar-refractivity contribution in [3.63, 3.8) is 0 Å². The van der Waals surface area contributed by atoms with Crippen molar-refractivity contribution in [1.82, 2.24) is 4.90 Å². The lowest BCUT2D eigenvalue weighted by Crippen LogP contribution is -2.29. The number of carbonyl (C=O) groups excluding carboxylic acids is 2. The number of rotatable bonds is 9. The van der Waals surface area contributed by atoms with Crippen molar-refractivity contribution in [2.24, 2.45) is 0 Å². The van der Waals surface area contributed by atoms with Gasteiger partial charge in [-0.15, -0.1) is 0 Å². The molecular formula is C27H24INO4S. The first-order chi connectivity index (χ1) is 16.5. The third-order valence-corrected chi connectivity index (χ3v) is 6.98. The first-order valence-corrected chi connectivity index (χ1v) is 12.8. The zero-order valence-corrected chi connectivity index (χ0v) is 21.7. The number of hydrogen-bond acceptors (Lipinski definition) is 5. The van der Waals surface area contributed by atoms with Crippen LogP contribution < -0.4 is 9.47 Å². The number of amides is 2. The summed E-state index contributed by atoms with van der Waals surface area (Å²) in [6.07, 6.45) is 3.28. The Hall–Kier alpha value is -2.78. The summed E-state index contributed by atoms with van der Waals surface area (Å²) in [6.45, 7) is 0.833. The molecule has 1 aliphatic rings. The van der Waals surface area contributed by atoms with Gasteiger partial charge in [0.05, 0.1) is 12.0 Å². The molecule has 1 aliphatic heterocycles. The lowest BCUT2D eigenvalue weighted by molar-refractivity contribution is -0.122. The second-order valence-corrected chi connectivity index (χ2v) is 9.99. The minimum absolute atomic E-state index is 0.228. The summed E-state index contributed by atoms with van der Waals surface area (Å²) >= 11 is 3.24. The van der Waals surface area contributed by atoms with Crippen LogP contribution in [-0.2, 0) is 17.8 Å². The molecule has 0 radical (unpaired) electrons. The van der Waals surface area contributed by atoms with Crippen LogP contribution in [0.1, 0.15) is 23.1 Å². The van der Waals surface area contributed by atoms with Crippen molar-refractivity contribution < 1.29 is 19.1 Å². The van der Waals surface area contributed by atoms with Gasteiger partial charge in [-0.25, -0.2) is 0 Å². The Morgan fingerprint density at radius 3 is 2.44 bits per heavy atom. The van der Waals surface area contributed by atoms with Gasteiger partial charge in [0.2, 0.25) is 0 Å². The van der Waals surface area contributed by atoms with E-state index < -0.39 is 0 Å². The fourth-order valence-electron chi connectivity index (χ4n) is 3.57. The van der Waals surface area contributed by atoms with E-state index in [1.165, 1.54) is 14.0 Å². The van der Waals surface area contributed by atoms with E-state index in [-0.39, 0.29) is 11.1 Å². The third-order valence-electron chi connectivity index (χ3n) is 5.36. The van der Waals surface area contributed by atoms with Crippen molar-refractivity contribution in [3.05, 3.63) is 98.0 Å². The van der Waals surface area contributed by atoms with Gasteiger partial charge in [-0.05, 0) is 94.2 Å². The Kier molecular flexibility index (Phi) is 8.29. The molecule has 0 spiro atoms. The normalized spacial score (nSPS) is 14.6. The molecule has 1 fully saturated rings. The molecule has 3 aromatic carbocycles. The van der Waals surface area contributed by atoms with Crippen molar-refractivity contribution in [1.29, 1.82) is 0 Å². The van der Waals surface area contributed by atoms with Crippen molar-refractivity contribution in [3.8, 4) is 11.5 Å². The highest BCUT2D eigenvalue weighted by molar-refractivity contribution is 14.1. The van der Waals surface area contributed by atoms with Crippen molar-refractivity contribution >= 4 is 51.6 Å². The molecule has 0 aromatic heterocycles. The summed E-state index contributed by atoms with van der Waals surface area (Å²) in [5, 5.41) is -0.228. The number of benzene rings is 3. The highest BCUT2D eigenvalue weighted by Gasteiger charge is 2.34. The number of thioether (sulfide) groups is 1. The molecular weight excluding hydrogens is 561 g/mol. The molecule has 34 heavy (non-hydrogen) atoms. The zero-order valence-electron chi connectivity index (χ0n) is 18.7. The quantitative estimate of drug-likeness (QED) is 0.211. The first kappa shape index (κ1) is 24.3. The minimum atomic E-state index is -0.249. The van der Waals surface area contributed by atoms with E-state index >= 15 is 0 Å². The molecule has 1 heterocycles. The lowest BCUT2D eigenvalue weighted by Gasteiger charge is -2.12. The molecule has 0 N–H and O–H groups in total. The Labute approximate surface area is 217 Å². The van der Waals surface area contributed by atoms with Crippen LogP contribution in [0.5, 0.6) is 11.5 Å². The van der Waals surface area contributed by atoms with E-state index in [9.17, 15) is 9.59 Å². The highest BCUT2D eigenvalue weighted by atomic mass is 127. The molecule has 0 unspecified atom stereocenters. The smallest absolute Gasteiger partial charge is 0.293 e. The van der Waals surface area contributed by atoms with Crippen LogP contribution in [0.4, 0.5) is 4.79 Å². The third kappa shape index (κ3) is 6.21. The Bertz CT molecular complexity index is 1200. The van der Waals surface area contributed by atoms with Gasteiger partial charge in [0.25, 0.3) is 11.1 Å². The molecule has 0 bridgehead atoms. The molecule has 0 atom stereocenters. The largest absolute Gasteiger partial charge is 0.493 e. The number of ether oxygens (including phenoxy) is 2. The summed E-state index contributed by atoms with van der Waals surface area (Å²) in [4.78, 5) is 27.0.